The summed E-state index contributed by atoms with van der Waals surface area (Å²) in [5.74, 6) is 1.59. The maximum Gasteiger partial charge on any atom is 0.0946 e. The van der Waals surface area contributed by atoms with Gasteiger partial charge in [-0.3, -0.25) is 0 Å². The Hall–Kier alpha value is 0.110. The lowest BCUT2D eigenvalue weighted by Crippen LogP contribution is -2.34. The minimum atomic E-state index is -0.840. The SMILES string of the molecule is CCC(C)S(=O)N[C@@H](C)C1CC1C. The van der Waals surface area contributed by atoms with Crippen LogP contribution in [0.1, 0.15) is 40.5 Å². The van der Waals surface area contributed by atoms with Gasteiger partial charge in [0.15, 0.2) is 0 Å². The van der Waals surface area contributed by atoms with E-state index in [1.807, 2.05) is 6.92 Å². The lowest BCUT2D eigenvalue weighted by Gasteiger charge is -2.15. The van der Waals surface area contributed by atoms with E-state index in [1.165, 1.54) is 6.42 Å². The van der Waals surface area contributed by atoms with Gasteiger partial charge in [0.05, 0.1) is 11.0 Å². The van der Waals surface area contributed by atoms with Crippen LogP contribution in [-0.2, 0) is 11.0 Å². The van der Waals surface area contributed by atoms with Gasteiger partial charge in [0.1, 0.15) is 0 Å². The van der Waals surface area contributed by atoms with E-state index >= 15 is 0 Å². The molecule has 0 radical (unpaired) electrons. The van der Waals surface area contributed by atoms with Crippen LogP contribution in [0.4, 0.5) is 0 Å². The third-order valence-electron chi connectivity index (χ3n) is 3.06. The van der Waals surface area contributed by atoms with Crippen molar-refractivity contribution < 1.29 is 4.21 Å². The van der Waals surface area contributed by atoms with Gasteiger partial charge in [0, 0.05) is 11.3 Å². The van der Waals surface area contributed by atoms with Crippen molar-refractivity contribution >= 4 is 11.0 Å². The molecule has 0 heterocycles. The lowest BCUT2D eigenvalue weighted by molar-refractivity contribution is 0.554. The fourth-order valence-corrected chi connectivity index (χ4v) is 2.66. The van der Waals surface area contributed by atoms with Crippen LogP contribution in [0.5, 0.6) is 0 Å². The van der Waals surface area contributed by atoms with E-state index < -0.39 is 11.0 Å². The van der Waals surface area contributed by atoms with Crippen molar-refractivity contribution in [2.75, 3.05) is 0 Å². The third kappa shape index (κ3) is 3.06. The highest BCUT2D eigenvalue weighted by molar-refractivity contribution is 7.83. The Kier molecular flexibility index (Phi) is 3.92. The molecule has 2 nitrogen and oxygen atoms in total. The van der Waals surface area contributed by atoms with Gasteiger partial charge in [-0.15, -0.1) is 0 Å². The number of rotatable bonds is 5. The third-order valence-corrected chi connectivity index (χ3v) is 4.72. The molecule has 0 saturated heterocycles. The molecule has 0 aromatic heterocycles. The molecule has 1 saturated carbocycles. The highest BCUT2D eigenvalue weighted by Gasteiger charge is 2.37. The molecule has 1 N–H and O–H groups in total. The van der Waals surface area contributed by atoms with Crippen molar-refractivity contribution in [2.24, 2.45) is 11.8 Å². The van der Waals surface area contributed by atoms with Crippen molar-refractivity contribution in [1.82, 2.24) is 4.72 Å². The van der Waals surface area contributed by atoms with Crippen LogP contribution in [0, 0.1) is 11.8 Å². The van der Waals surface area contributed by atoms with Gasteiger partial charge in [0.25, 0.3) is 0 Å². The van der Waals surface area contributed by atoms with E-state index in [1.54, 1.807) is 0 Å². The molecule has 0 amide bonds. The number of nitrogens with one attached hydrogen (secondary N) is 1. The molecular formula is C10H21NOS. The fourth-order valence-electron chi connectivity index (χ4n) is 1.59. The molecule has 0 spiro atoms. The first-order valence-corrected chi connectivity index (χ1v) is 6.44. The van der Waals surface area contributed by atoms with Gasteiger partial charge in [-0.2, -0.15) is 0 Å². The molecule has 0 aromatic carbocycles. The summed E-state index contributed by atoms with van der Waals surface area (Å²) in [7, 11) is -0.840. The molecule has 13 heavy (non-hydrogen) atoms. The Balaban J connectivity index is 2.27. The summed E-state index contributed by atoms with van der Waals surface area (Å²) in [6.45, 7) is 8.52. The Morgan fingerprint density at radius 2 is 2.08 bits per heavy atom. The number of hydrogen-bond donors (Lipinski definition) is 1. The van der Waals surface area contributed by atoms with Crippen molar-refractivity contribution in [1.29, 1.82) is 0 Å². The molecule has 5 atom stereocenters. The normalized spacial score (nSPS) is 33.8. The molecule has 0 bridgehead atoms. The van der Waals surface area contributed by atoms with Gasteiger partial charge < -0.3 is 0 Å². The Morgan fingerprint density at radius 3 is 2.46 bits per heavy atom. The summed E-state index contributed by atoms with van der Waals surface area (Å²) in [5.41, 5.74) is 0. The zero-order valence-electron chi connectivity index (χ0n) is 9.04. The minimum Gasteiger partial charge on any atom is -0.243 e. The lowest BCUT2D eigenvalue weighted by atomic mass is 10.2. The molecule has 1 rings (SSSR count). The molecular weight excluding hydrogens is 182 g/mol. The maximum atomic E-state index is 11.6. The summed E-state index contributed by atoms with van der Waals surface area (Å²) in [6.07, 6.45) is 2.28. The van der Waals surface area contributed by atoms with Crippen molar-refractivity contribution in [3.63, 3.8) is 0 Å². The zero-order chi connectivity index (χ0) is 10.0. The number of hydrogen-bond acceptors (Lipinski definition) is 1. The van der Waals surface area contributed by atoms with Crippen LogP contribution in [-0.4, -0.2) is 15.5 Å². The van der Waals surface area contributed by atoms with Crippen LogP contribution in [0.15, 0.2) is 0 Å². The Morgan fingerprint density at radius 1 is 1.54 bits per heavy atom. The first-order valence-electron chi connectivity index (χ1n) is 5.23. The summed E-state index contributed by atoms with van der Waals surface area (Å²) in [6, 6.07) is 0.421. The van der Waals surface area contributed by atoms with Gasteiger partial charge in [-0.25, -0.2) is 8.93 Å². The van der Waals surface area contributed by atoms with E-state index in [4.69, 9.17) is 0 Å². The zero-order valence-corrected chi connectivity index (χ0v) is 9.86. The summed E-state index contributed by atoms with van der Waals surface area (Å²) in [4.78, 5) is 0. The van der Waals surface area contributed by atoms with Crippen LogP contribution in [0.3, 0.4) is 0 Å². The van der Waals surface area contributed by atoms with Crippen molar-refractivity contribution in [3.05, 3.63) is 0 Å². The average Bonchev–Trinajstić information content (AvgIpc) is 2.81. The van der Waals surface area contributed by atoms with Crippen molar-refractivity contribution in [3.8, 4) is 0 Å². The Labute approximate surface area is 84.1 Å². The van der Waals surface area contributed by atoms with E-state index in [9.17, 15) is 4.21 Å². The van der Waals surface area contributed by atoms with Gasteiger partial charge >= 0.3 is 0 Å². The summed E-state index contributed by atoms with van der Waals surface area (Å²) < 4.78 is 14.8. The van der Waals surface area contributed by atoms with E-state index in [-0.39, 0.29) is 5.25 Å². The highest BCUT2D eigenvalue weighted by atomic mass is 32.2. The molecule has 0 aromatic rings. The molecule has 1 fully saturated rings. The quantitative estimate of drug-likeness (QED) is 0.728. The van der Waals surface area contributed by atoms with Gasteiger partial charge in [-0.1, -0.05) is 13.8 Å². The molecule has 3 heteroatoms. The van der Waals surface area contributed by atoms with Crippen LogP contribution in [0.25, 0.3) is 0 Å². The predicted molar refractivity (Wildman–Crippen MR) is 57.8 cm³/mol. The van der Waals surface area contributed by atoms with Crippen LogP contribution >= 0.6 is 0 Å². The Bertz CT molecular complexity index is 195. The smallest absolute Gasteiger partial charge is 0.0946 e. The summed E-state index contributed by atoms with van der Waals surface area (Å²) >= 11 is 0. The molecule has 78 valence electrons. The van der Waals surface area contributed by atoms with E-state index in [2.05, 4.69) is 25.5 Å². The fraction of sp³-hybridized carbons (Fsp3) is 1.00. The van der Waals surface area contributed by atoms with E-state index in [0.717, 1.165) is 18.3 Å². The summed E-state index contributed by atoms with van der Waals surface area (Å²) in [5, 5.41) is 0.275. The standard InChI is InChI=1S/C10H21NOS/c1-5-8(3)13(12)11-9(4)10-6-7(10)2/h7-11H,5-6H2,1-4H3/t7?,8?,9-,10?,13?/m0/s1. The second-order valence-corrected chi connectivity index (χ2v) is 5.93. The largest absolute Gasteiger partial charge is 0.243 e. The predicted octanol–water partition coefficient (Wildman–Crippen LogP) is 2.08. The second kappa shape index (κ2) is 4.56. The van der Waals surface area contributed by atoms with Crippen molar-refractivity contribution in [2.45, 2.75) is 51.8 Å². The van der Waals surface area contributed by atoms with Gasteiger partial charge in [0.2, 0.25) is 0 Å². The first-order chi connectivity index (χ1) is 6.06. The first kappa shape index (κ1) is 11.2. The van der Waals surface area contributed by atoms with Crippen LogP contribution in [0.2, 0.25) is 0 Å². The topological polar surface area (TPSA) is 29.1 Å². The maximum absolute atomic E-state index is 11.6. The van der Waals surface area contributed by atoms with Crippen LogP contribution < -0.4 is 4.72 Å². The molecule has 4 unspecified atom stereocenters. The average molecular weight is 203 g/mol. The minimum absolute atomic E-state index is 0.275. The highest BCUT2D eigenvalue weighted by Crippen LogP contribution is 2.40. The molecule has 0 aliphatic heterocycles. The monoisotopic (exact) mass is 203 g/mol. The molecule has 1 aliphatic rings. The van der Waals surface area contributed by atoms with Gasteiger partial charge in [-0.05, 0) is 38.5 Å². The van der Waals surface area contributed by atoms with E-state index in [0.29, 0.717) is 6.04 Å². The second-order valence-electron chi connectivity index (χ2n) is 4.30. The molecule has 1 aliphatic carbocycles.